The first kappa shape index (κ1) is 19.5. The molecule has 0 spiro atoms. The molecule has 0 bridgehead atoms. The first-order valence-electron chi connectivity index (χ1n) is 8.70. The maximum atomic E-state index is 12.8. The molecule has 8 heteroatoms. The Balaban J connectivity index is 2.30. The SMILES string of the molecule is COc1ccc(OC)c(C2/C(=C(\O)c3c(C)nn(C)c3C)C(=O)C(=O)N2C)c1. The van der Waals surface area contributed by atoms with Crippen LogP contribution in [0.25, 0.3) is 5.76 Å². The van der Waals surface area contributed by atoms with Gasteiger partial charge in [0, 0.05) is 25.4 Å². The molecule has 2 heterocycles. The zero-order chi connectivity index (χ0) is 20.7. The molecule has 0 aliphatic carbocycles. The minimum atomic E-state index is -0.816. The van der Waals surface area contributed by atoms with Crippen LogP contribution in [0.3, 0.4) is 0 Å². The lowest BCUT2D eigenvalue weighted by molar-refractivity contribution is -0.139. The van der Waals surface area contributed by atoms with Crippen LogP contribution in [0, 0.1) is 13.8 Å². The maximum absolute atomic E-state index is 12.8. The van der Waals surface area contributed by atoms with Crippen molar-refractivity contribution in [1.29, 1.82) is 0 Å². The molecule has 1 N–H and O–H groups in total. The van der Waals surface area contributed by atoms with Gasteiger partial charge < -0.3 is 19.5 Å². The zero-order valence-electron chi connectivity index (χ0n) is 16.7. The second-order valence-electron chi connectivity index (χ2n) is 6.69. The Hall–Kier alpha value is -3.29. The molecule has 1 aliphatic rings. The number of rotatable bonds is 4. The van der Waals surface area contributed by atoms with E-state index in [4.69, 9.17) is 9.47 Å². The Morgan fingerprint density at radius 3 is 2.36 bits per heavy atom. The summed E-state index contributed by atoms with van der Waals surface area (Å²) >= 11 is 0. The summed E-state index contributed by atoms with van der Waals surface area (Å²) in [7, 11) is 6.30. The Morgan fingerprint density at radius 1 is 1.14 bits per heavy atom. The summed E-state index contributed by atoms with van der Waals surface area (Å²) in [6.45, 7) is 3.53. The molecule has 1 aliphatic heterocycles. The fourth-order valence-electron chi connectivity index (χ4n) is 3.62. The maximum Gasteiger partial charge on any atom is 0.295 e. The molecular formula is C20H23N3O5. The van der Waals surface area contributed by atoms with E-state index < -0.39 is 17.7 Å². The van der Waals surface area contributed by atoms with Crippen molar-refractivity contribution < 1.29 is 24.2 Å². The quantitative estimate of drug-likeness (QED) is 0.492. The predicted molar refractivity (Wildman–Crippen MR) is 102 cm³/mol. The third kappa shape index (κ3) is 2.81. The van der Waals surface area contributed by atoms with Gasteiger partial charge in [0.15, 0.2) is 0 Å². The van der Waals surface area contributed by atoms with Crippen molar-refractivity contribution in [3.05, 3.63) is 46.3 Å². The molecule has 1 aromatic carbocycles. The molecule has 0 saturated carbocycles. The number of ether oxygens (including phenoxy) is 2. The lowest BCUT2D eigenvalue weighted by Gasteiger charge is -2.23. The third-order valence-electron chi connectivity index (χ3n) is 5.15. The first-order chi connectivity index (χ1) is 13.2. The molecule has 3 rings (SSSR count). The van der Waals surface area contributed by atoms with Crippen molar-refractivity contribution in [3.63, 3.8) is 0 Å². The van der Waals surface area contributed by atoms with Gasteiger partial charge in [0.05, 0.1) is 37.1 Å². The third-order valence-corrected chi connectivity index (χ3v) is 5.15. The highest BCUT2D eigenvalue weighted by Gasteiger charge is 2.46. The van der Waals surface area contributed by atoms with E-state index in [1.165, 1.54) is 26.2 Å². The Labute approximate surface area is 163 Å². The van der Waals surface area contributed by atoms with Crippen LogP contribution in [0.1, 0.15) is 28.6 Å². The summed E-state index contributed by atoms with van der Waals surface area (Å²) in [5.74, 6) is -0.678. The molecule has 1 unspecified atom stereocenters. The summed E-state index contributed by atoms with van der Waals surface area (Å²) < 4.78 is 12.3. The molecule has 1 amide bonds. The fraction of sp³-hybridized carbons (Fsp3) is 0.350. The molecule has 2 aromatic rings. The van der Waals surface area contributed by atoms with Crippen LogP contribution in [0.15, 0.2) is 23.8 Å². The number of hydrogen-bond acceptors (Lipinski definition) is 6. The number of methoxy groups -OCH3 is 2. The number of carbonyl (C=O) groups excluding carboxylic acids is 2. The average molecular weight is 385 g/mol. The number of likely N-dealkylation sites (tertiary alicyclic amines) is 1. The van der Waals surface area contributed by atoms with E-state index in [9.17, 15) is 14.7 Å². The van der Waals surface area contributed by atoms with Crippen LogP contribution < -0.4 is 9.47 Å². The van der Waals surface area contributed by atoms with Crippen molar-refractivity contribution in [1.82, 2.24) is 14.7 Å². The van der Waals surface area contributed by atoms with E-state index in [1.54, 1.807) is 43.8 Å². The number of benzene rings is 1. The number of amides is 1. The van der Waals surface area contributed by atoms with Gasteiger partial charge in [-0.2, -0.15) is 5.10 Å². The average Bonchev–Trinajstić information content (AvgIpc) is 3.06. The smallest absolute Gasteiger partial charge is 0.295 e. The van der Waals surface area contributed by atoms with E-state index in [-0.39, 0.29) is 11.3 Å². The second-order valence-corrected chi connectivity index (χ2v) is 6.69. The molecule has 148 valence electrons. The summed E-state index contributed by atoms with van der Waals surface area (Å²) in [4.78, 5) is 26.6. The van der Waals surface area contributed by atoms with Crippen LogP contribution in [-0.2, 0) is 16.6 Å². The number of carbonyl (C=O) groups is 2. The number of aliphatic hydroxyl groups excluding tert-OH is 1. The Bertz CT molecular complexity index is 1010. The van der Waals surface area contributed by atoms with Crippen LogP contribution in [0.4, 0.5) is 0 Å². The lowest BCUT2D eigenvalue weighted by atomic mass is 9.94. The minimum absolute atomic E-state index is 0.00162. The van der Waals surface area contributed by atoms with Gasteiger partial charge in [-0.15, -0.1) is 0 Å². The lowest BCUT2D eigenvalue weighted by Crippen LogP contribution is -2.25. The van der Waals surface area contributed by atoms with E-state index in [0.29, 0.717) is 34.0 Å². The Morgan fingerprint density at radius 2 is 1.82 bits per heavy atom. The number of aryl methyl sites for hydroxylation is 2. The molecule has 8 nitrogen and oxygen atoms in total. The summed E-state index contributed by atoms with van der Waals surface area (Å²) in [5, 5.41) is 15.4. The van der Waals surface area contributed by atoms with Gasteiger partial charge in [-0.25, -0.2) is 0 Å². The summed E-state index contributed by atoms with van der Waals surface area (Å²) in [5.41, 5.74) is 2.24. The summed E-state index contributed by atoms with van der Waals surface area (Å²) in [6.07, 6.45) is 0. The van der Waals surface area contributed by atoms with Crippen LogP contribution in [-0.4, -0.2) is 52.7 Å². The van der Waals surface area contributed by atoms with Gasteiger partial charge >= 0.3 is 0 Å². The normalized spacial score (nSPS) is 18.6. The molecule has 1 aromatic heterocycles. The molecule has 1 saturated heterocycles. The fourth-order valence-corrected chi connectivity index (χ4v) is 3.62. The topological polar surface area (TPSA) is 93.9 Å². The van der Waals surface area contributed by atoms with Crippen molar-refractivity contribution in [2.75, 3.05) is 21.3 Å². The number of ketones is 1. The van der Waals surface area contributed by atoms with Crippen molar-refractivity contribution >= 4 is 17.4 Å². The van der Waals surface area contributed by atoms with Crippen LogP contribution >= 0.6 is 0 Å². The van der Waals surface area contributed by atoms with E-state index >= 15 is 0 Å². The van der Waals surface area contributed by atoms with Crippen molar-refractivity contribution in [2.45, 2.75) is 19.9 Å². The van der Waals surface area contributed by atoms with Gasteiger partial charge in [0.2, 0.25) is 0 Å². The van der Waals surface area contributed by atoms with E-state index in [0.717, 1.165) is 0 Å². The number of hydrogen-bond donors (Lipinski definition) is 1. The van der Waals surface area contributed by atoms with Gasteiger partial charge in [0.25, 0.3) is 11.7 Å². The standard InChI is InChI=1S/C20H23N3O5/c1-10-15(11(2)23(4)21-10)18(24)16-17(22(3)20(26)19(16)25)13-9-12(27-5)7-8-14(13)28-6/h7-9,17,24H,1-6H3/b18-16+. The highest BCUT2D eigenvalue weighted by Crippen LogP contribution is 2.43. The van der Waals surface area contributed by atoms with Crippen molar-refractivity contribution in [2.24, 2.45) is 7.05 Å². The highest BCUT2D eigenvalue weighted by atomic mass is 16.5. The first-order valence-corrected chi connectivity index (χ1v) is 8.70. The Kier molecular flexibility index (Phi) is 4.89. The van der Waals surface area contributed by atoms with Crippen LogP contribution in [0.5, 0.6) is 11.5 Å². The van der Waals surface area contributed by atoms with Crippen molar-refractivity contribution in [3.8, 4) is 11.5 Å². The molecule has 1 atom stereocenters. The number of Topliss-reactive ketones (excluding diaryl/α,β-unsaturated/α-hetero) is 1. The number of likely N-dealkylation sites (N-methyl/N-ethyl adjacent to an activating group) is 1. The van der Waals surface area contributed by atoms with E-state index in [2.05, 4.69) is 5.10 Å². The second kappa shape index (κ2) is 7.03. The van der Waals surface area contributed by atoms with Gasteiger partial charge in [-0.1, -0.05) is 0 Å². The molecule has 28 heavy (non-hydrogen) atoms. The van der Waals surface area contributed by atoms with E-state index in [1.807, 2.05) is 0 Å². The van der Waals surface area contributed by atoms with Gasteiger partial charge in [0.1, 0.15) is 17.3 Å². The number of nitrogens with zero attached hydrogens (tertiary/aromatic N) is 3. The van der Waals surface area contributed by atoms with Gasteiger partial charge in [-0.05, 0) is 32.0 Å². The summed E-state index contributed by atoms with van der Waals surface area (Å²) in [6, 6.07) is 4.30. The predicted octanol–water partition coefficient (Wildman–Crippen LogP) is 2.11. The highest BCUT2D eigenvalue weighted by molar-refractivity contribution is 6.46. The van der Waals surface area contributed by atoms with Crippen LogP contribution in [0.2, 0.25) is 0 Å². The number of aliphatic hydroxyl groups is 1. The molecule has 0 radical (unpaired) electrons. The molecule has 1 fully saturated rings. The van der Waals surface area contributed by atoms with Gasteiger partial charge in [-0.3, -0.25) is 14.3 Å². The molecular weight excluding hydrogens is 362 g/mol. The minimum Gasteiger partial charge on any atom is -0.507 e. The number of aromatic nitrogens is 2. The monoisotopic (exact) mass is 385 g/mol. The zero-order valence-corrected chi connectivity index (χ0v) is 16.7. The largest absolute Gasteiger partial charge is 0.507 e.